The van der Waals surface area contributed by atoms with Crippen molar-refractivity contribution in [3.05, 3.63) is 80.7 Å². The smallest absolute Gasteiger partial charge is 0.129 e. The molecule has 0 aliphatic carbocycles. The molecule has 0 bridgehead atoms. The summed E-state index contributed by atoms with van der Waals surface area (Å²) in [6, 6.07) is 21.1. The minimum Gasteiger partial charge on any atom is -0.457 e. The molecule has 2 aliphatic rings. The molecule has 2 aromatic carbocycles. The van der Waals surface area contributed by atoms with Gasteiger partial charge >= 0.3 is 0 Å². The van der Waals surface area contributed by atoms with Crippen LogP contribution in [0.4, 0.5) is 0 Å². The molecule has 5 rings (SSSR count). The van der Waals surface area contributed by atoms with Crippen LogP contribution in [0, 0.1) is 0 Å². The lowest BCUT2D eigenvalue weighted by Crippen LogP contribution is -1.66. The third-order valence-corrected chi connectivity index (χ3v) is 8.55. The fourth-order valence-corrected chi connectivity index (χ4v) is 7.33. The zero-order chi connectivity index (χ0) is 16.6. The third-order valence-electron chi connectivity index (χ3n) is 3.71. The van der Waals surface area contributed by atoms with Gasteiger partial charge in [-0.2, -0.15) is 0 Å². The van der Waals surface area contributed by atoms with Crippen LogP contribution in [-0.4, -0.2) is 0 Å². The van der Waals surface area contributed by atoms with E-state index in [-0.39, 0.29) is 0 Å². The van der Waals surface area contributed by atoms with Crippen molar-refractivity contribution in [3.63, 3.8) is 0 Å². The van der Waals surface area contributed by atoms with Gasteiger partial charge in [-0.15, -0.1) is 0 Å². The molecule has 0 amide bonds. The maximum atomic E-state index is 6.00. The van der Waals surface area contributed by atoms with E-state index >= 15 is 0 Å². The van der Waals surface area contributed by atoms with Crippen molar-refractivity contribution in [1.82, 2.24) is 0 Å². The van der Waals surface area contributed by atoms with Gasteiger partial charge in [0.15, 0.2) is 0 Å². The predicted molar refractivity (Wildman–Crippen MR) is 111 cm³/mol. The Morgan fingerprint density at radius 1 is 0.520 bits per heavy atom. The molecule has 0 saturated heterocycles. The molecule has 25 heavy (non-hydrogen) atoms. The first-order valence-corrected chi connectivity index (χ1v) is 11.0. The van der Waals surface area contributed by atoms with E-state index in [9.17, 15) is 0 Å². The van der Waals surface area contributed by atoms with Gasteiger partial charge in [0.05, 0.1) is 8.47 Å². The van der Waals surface area contributed by atoms with E-state index in [1.54, 1.807) is 47.0 Å². The minimum absolute atomic E-state index is 0.903. The summed E-state index contributed by atoms with van der Waals surface area (Å²) in [6.07, 6.45) is 4.25. The standard InChI is InChI=1S/C20H12OS4/c1-2-6-16-15(5-1)22-19(23-16)11-13-9-10-14(21-13)12-20-24-17-7-3-4-8-18(17)25-20/h1-12H. The van der Waals surface area contributed by atoms with E-state index in [4.69, 9.17) is 4.42 Å². The van der Waals surface area contributed by atoms with Crippen LogP contribution in [0.5, 0.6) is 0 Å². The SMILES string of the molecule is C(=C1Sc2ccccc2S1)c1ccc(C=C2Sc3ccccc3S2)o1. The Morgan fingerprint density at radius 3 is 1.24 bits per heavy atom. The second-order valence-corrected chi connectivity index (χ2v) is 10.3. The molecule has 3 aromatic rings. The minimum atomic E-state index is 0.903. The van der Waals surface area contributed by atoms with Gasteiger partial charge in [-0.1, -0.05) is 71.3 Å². The Hall–Kier alpha value is -1.40. The Balaban J connectivity index is 1.34. The number of fused-ring (bicyclic) bond motifs is 2. The van der Waals surface area contributed by atoms with Crippen LogP contribution in [0.15, 0.2) is 93.1 Å². The van der Waals surface area contributed by atoms with Gasteiger partial charge in [0, 0.05) is 31.7 Å². The van der Waals surface area contributed by atoms with Crippen LogP contribution < -0.4 is 0 Å². The first-order valence-electron chi connectivity index (χ1n) is 7.76. The maximum Gasteiger partial charge on any atom is 0.129 e. The van der Waals surface area contributed by atoms with E-state index in [1.165, 1.54) is 28.1 Å². The van der Waals surface area contributed by atoms with Crippen LogP contribution >= 0.6 is 47.0 Å². The molecular formula is C20H12OS4. The fraction of sp³-hybridized carbons (Fsp3) is 0. The van der Waals surface area contributed by atoms with E-state index in [2.05, 4.69) is 60.7 Å². The normalized spacial score (nSPS) is 15.2. The van der Waals surface area contributed by atoms with Gasteiger partial charge < -0.3 is 4.42 Å². The molecule has 1 aromatic heterocycles. The zero-order valence-electron chi connectivity index (χ0n) is 13.0. The highest BCUT2D eigenvalue weighted by atomic mass is 32.2. The number of thioether (sulfide) groups is 4. The number of hydrogen-bond donors (Lipinski definition) is 0. The van der Waals surface area contributed by atoms with Gasteiger partial charge in [-0.25, -0.2) is 0 Å². The quantitative estimate of drug-likeness (QED) is 0.439. The summed E-state index contributed by atoms with van der Waals surface area (Å²) in [7, 11) is 0. The molecule has 122 valence electrons. The molecule has 1 nitrogen and oxygen atoms in total. The topological polar surface area (TPSA) is 13.1 Å². The molecule has 2 aliphatic heterocycles. The van der Waals surface area contributed by atoms with Gasteiger partial charge in [0.2, 0.25) is 0 Å². The van der Waals surface area contributed by atoms with E-state index in [0.29, 0.717) is 0 Å². The molecule has 0 saturated carbocycles. The summed E-state index contributed by atoms with van der Waals surface area (Å²) in [4.78, 5) is 5.29. The van der Waals surface area contributed by atoms with Gasteiger partial charge in [-0.05, 0) is 36.4 Å². The highest BCUT2D eigenvalue weighted by Crippen LogP contribution is 2.52. The second-order valence-electron chi connectivity index (χ2n) is 5.47. The van der Waals surface area contributed by atoms with Gasteiger partial charge in [-0.3, -0.25) is 0 Å². The summed E-state index contributed by atoms with van der Waals surface area (Å²) >= 11 is 7.22. The summed E-state index contributed by atoms with van der Waals surface area (Å²) in [5.41, 5.74) is 0. The lowest BCUT2D eigenvalue weighted by molar-refractivity contribution is 0.547. The van der Waals surface area contributed by atoms with Crippen molar-refractivity contribution >= 4 is 59.2 Å². The van der Waals surface area contributed by atoms with Crippen LogP contribution in [-0.2, 0) is 0 Å². The highest BCUT2D eigenvalue weighted by Gasteiger charge is 2.18. The first kappa shape index (κ1) is 15.8. The summed E-state index contributed by atoms with van der Waals surface area (Å²) in [6.45, 7) is 0. The van der Waals surface area contributed by atoms with Crippen molar-refractivity contribution in [1.29, 1.82) is 0 Å². The molecule has 0 unspecified atom stereocenters. The predicted octanol–water partition coefficient (Wildman–Crippen LogP) is 7.67. The Labute approximate surface area is 163 Å². The third kappa shape index (κ3) is 3.34. The van der Waals surface area contributed by atoms with Crippen LogP contribution in [0.1, 0.15) is 11.5 Å². The van der Waals surface area contributed by atoms with E-state index in [0.717, 1.165) is 11.5 Å². The molecule has 0 spiro atoms. The van der Waals surface area contributed by atoms with E-state index < -0.39 is 0 Å². The molecule has 3 heterocycles. The van der Waals surface area contributed by atoms with Gasteiger partial charge in [0.25, 0.3) is 0 Å². The molecule has 0 atom stereocenters. The largest absolute Gasteiger partial charge is 0.457 e. The molecule has 0 fully saturated rings. The van der Waals surface area contributed by atoms with Crippen molar-refractivity contribution in [2.24, 2.45) is 0 Å². The summed E-state index contributed by atoms with van der Waals surface area (Å²) in [5.74, 6) is 1.81. The lowest BCUT2D eigenvalue weighted by Gasteiger charge is -1.93. The first-order chi connectivity index (χ1) is 12.3. The average molecular weight is 397 g/mol. The molecular weight excluding hydrogens is 384 g/mol. The lowest BCUT2D eigenvalue weighted by atomic mass is 10.4. The van der Waals surface area contributed by atoms with Crippen molar-refractivity contribution in [2.45, 2.75) is 19.6 Å². The number of benzene rings is 2. The Kier molecular flexibility index (Phi) is 4.26. The molecule has 0 N–H and O–H groups in total. The van der Waals surface area contributed by atoms with Crippen LogP contribution in [0.3, 0.4) is 0 Å². The molecule has 5 heteroatoms. The average Bonchev–Trinajstić information content (AvgIpc) is 3.32. The van der Waals surface area contributed by atoms with Crippen LogP contribution in [0.2, 0.25) is 0 Å². The maximum absolute atomic E-state index is 6.00. The molecule has 0 radical (unpaired) electrons. The summed E-state index contributed by atoms with van der Waals surface area (Å²) in [5, 5.41) is 0. The Morgan fingerprint density at radius 2 is 0.880 bits per heavy atom. The van der Waals surface area contributed by atoms with Gasteiger partial charge in [0.1, 0.15) is 11.5 Å². The van der Waals surface area contributed by atoms with Crippen molar-refractivity contribution < 1.29 is 4.42 Å². The van der Waals surface area contributed by atoms with Crippen molar-refractivity contribution in [2.75, 3.05) is 0 Å². The monoisotopic (exact) mass is 396 g/mol. The number of rotatable bonds is 2. The van der Waals surface area contributed by atoms with E-state index in [1.807, 2.05) is 12.1 Å². The second kappa shape index (κ2) is 6.72. The number of furan rings is 1. The van der Waals surface area contributed by atoms with Crippen molar-refractivity contribution in [3.8, 4) is 0 Å². The van der Waals surface area contributed by atoms with Crippen LogP contribution in [0.25, 0.3) is 12.2 Å². The Bertz CT molecular complexity index is 882. The number of hydrogen-bond acceptors (Lipinski definition) is 5. The summed E-state index contributed by atoms with van der Waals surface area (Å²) < 4.78 is 8.51. The fourth-order valence-electron chi connectivity index (χ4n) is 2.59. The highest BCUT2D eigenvalue weighted by molar-refractivity contribution is 8.25. The zero-order valence-corrected chi connectivity index (χ0v) is 16.2.